The molecule has 11 heteroatoms. The minimum Gasteiger partial charge on any atom is -0.339 e. The van der Waals surface area contributed by atoms with E-state index in [-0.39, 0.29) is 12.4 Å². The van der Waals surface area contributed by atoms with Crippen molar-refractivity contribution < 1.29 is 4.57 Å². The number of anilines is 4. The van der Waals surface area contributed by atoms with E-state index >= 15 is 0 Å². The summed E-state index contributed by atoms with van der Waals surface area (Å²) in [5.74, 6) is 1.05. The van der Waals surface area contributed by atoms with E-state index in [1.54, 1.807) is 25.7 Å². The van der Waals surface area contributed by atoms with Crippen molar-refractivity contribution in [1.82, 2.24) is 25.1 Å². The number of benzene rings is 1. The fraction of sp³-hybridized carbons (Fsp3) is 0.350. The van der Waals surface area contributed by atoms with Gasteiger partial charge in [-0.3, -0.25) is 4.68 Å². The van der Waals surface area contributed by atoms with Crippen LogP contribution in [0.4, 0.5) is 23.1 Å². The van der Waals surface area contributed by atoms with Gasteiger partial charge in [0.1, 0.15) is 13.0 Å². The van der Waals surface area contributed by atoms with Gasteiger partial charge in [-0.15, -0.1) is 12.4 Å². The van der Waals surface area contributed by atoms with Crippen molar-refractivity contribution >= 4 is 63.9 Å². The fourth-order valence-corrected chi connectivity index (χ4v) is 4.94. The first kappa shape index (κ1) is 23.7. The maximum absolute atomic E-state index is 12.6. The molecule has 3 aromatic rings. The van der Waals surface area contributed by atoms with Gasteiger partial charge >= 0.3 is 0 Å². The van der Waals surface area contributed by atoms with Gasteiger partial charge in [0.15, 0.2) is 0 Å². The standard InChI is InChI=1S/C20H25BrN7OP.ClH/c1-30(2,29)18-6-4-3-5-17(18)26-19-16(21)12-23-20(27-19)25-14-11-24-28(13-14)15-7-9-22-10-8-15;/h3-6,11-13,15,22H,7-10H2,1-2H3,(H2,23,25,26,27);1H. The number of halogens is 2. The van der Waals surface area contributed by atoms with Crippen LogP contribution in [-0.2, 0) is 4.57 Å². The van der Waals surface area contributed by atoms with Gasteiger partial charge in [0.2, 0.25) is 5.95 Å². The predicted octanol–water partition coefficient (Wildman–Crippen LogP) is 4.52. The smallest absolute Gasteiger partial charge is 0.229 e. The lowest BCUT2D eigenvalue weighted by molar-refractivity contribution is 0.343. The van der Waals surface area contributed by atoms with Crippen LogP contribution in [0.25, 0.3) is 0 Å². The van der Waals surface area contributed by atoms with Crippen molar-refractivity contribution in [2.24, 2.45) is 0 Å². The van der Waals surface area contributed by atoms with Crippen LogP contribution in [0, 0.1) is 0 Å². The fourth-order valence-electron chi connectivity index (χ4n) is 3.49. The Morgan fingerprint density at radius 1 is 1.16 bits per heavy atom. The van der Waals surface area contributed by atoms with E-state index in [9.17, 15) is 4.57 Å². The topological polar surface area (TPSA) is 96.8 Å². The molecule has 0 amide bonds. The Hall–Kier alpha value is -1.93. The molecule has 1 aliphatic heterocycles. The van der Waals surface area contributed by atoms with Crippen LogP contribution >= 0.6 is 35.5 Å². The molecule has 166 valence electrons. The Morgan fingerprint density at radius 3 is 2.65 bits per heavy atom. The zero-order chi connectivity index (χ0) is 21.1. The molecule has 0 radical (unpaired) electrons. The summed E-state index contributed by atoms with van der Waals surface area (Å²) in [6, 6.07) is 8.00. The first-order valence-corrected chi connectivity index (χ1v) is 13.3. The zero-order valence-electron chi connectivity index (χ0n) is 17.4. The van der Waals surface area contributed by atoms with Crippen LogP contribution in [0.5, 0.6) is 0 Å². The molecule has 0 saturated carbocycles. The van der Waals surface area contributed by atoms with Crippen molar-refractivity contribution in [3.8, 4) is 0 Å². The highest BCUT2D eigenvalue weighted by molar-refractivity contribution is 9.10. The lowest BCUT2D eigenvalue weighted by atomic mass is 10.1. The molecule has 0 aliphatic carbocycles. The van der Waals surface area contributed by atoms with Crippen molar-refractivity contribution in [3.05, 3.63) is 47.3 Å². The summed E-state index contributed by atoms with van der Waals surface area (Å²) in [6.07, 6.45) is 7.62. The van der Waals surface area contributed by atoms with Crippen LogP contribution < -0.4 is 21.3 Å². The molecule has 31 heavy (non-hydrogen) atoms. The SMILES string of the molecule is CP(C)(=O)c1ccccc1Nc1nc(Nc2cnn(C3CCNCC3)c2)ncc1Br.Cl. The second-order valence-electron chi connectivity index (χ2n) is 7.70. The Balaban J connectivity index is 0.00000272. The summed E-state index contributed by atoms with van der Waals surface area (Å²) in [7, 11) is -2.44. The molecule has 8 nitrogen and oxygen atoms in total. The highest BCUT2D eigenvalue weighted by Gasteiger charge is 2.18. The highest BCUT2D eigenvalue weighted by atomic mass is 79.9. The Labute approximate surface area is 196 Å². The molecule has 0 atom stereocenters. The molecule has 4 rings (SSSR count). The molecular weight excluding hydrogens is 501 g/mol. The molecule has 3 N–H and O–H groups in total. The van der Waals surface area contributed by atoms with E-state index in [1.165, 1.54) is 0 Å². The molecule has 0 spiro atoms. The summed E-state index contributed by atoms with van der Waals surface area (Å²) in [5.41, 5.74) is 1.61. The first-order valence-electron chi connectivity index (χ1n) is 9.86. The number of hydrogen-bond donors (Lipinski definition) is 3. The molecule has 1 fully saturated rings. The average molecular weight is 527 g/mol. The second-order valence-corrected chi connectivity index (χ2v) is 11.7. The number of aromatic nitrogens is 4. The van der Waals surface area contributed by atoms with E-state index in [4.69, 9.17) is 0 Å². The van der Waals surface area contributed by atoms with E-state index in [0.29, 0.717) is 17.8 Å². The molecule has 1 saturated heterocycles. The summed E-state index contributed by atoms with van der Waals surface area (Å²) >= 11 is 3.50. The monoisotopic (exact) mass is 525 g/mol. The van der Waals surface area contributed by atoms with Crippen molar-refractivity contribution in [1.29, 1.82) is 0 Å². The largest absolute Gasteiger partial charge is 0.339 e. The van der Waals surface area contributed by atoms with Crippen molar-refractivity contribution in [2.75, 3.05) is 37.1 Å². The number of hydrogen-bond acceptors (Lipinski definition) is 7. The van der Waals surface area contributed by atoms with Crippen LogP contribution in [0.15, 0.2) is 47.3 Å². The number of nitrogens with one attached hydrogen (secondary N) is 3. The maximum Gasteiger partial charge on any atom is 0.229 e. The van der Waals surface area contributed by atoms with E-state index in [1.807, 2.05) is 35.1 Å². The molecule has 0 unspecified atom stereocenters. The highest BCUT2D eigenvalue weighted by Crippen LogP contribution is 2.38. The van der Waals surface area contributed by atoms with E-state index in [0.717, 1.165) is 47.1 Å². The lowest BCUT2D eigenvalue weighted by Gasteiger charge is -2.22. The Morgan fingerprint density at radius 2 is 1.90 bits per heavy atom. The second kappa shape index (κ2) is 10.1. The van der Waals surface area contributed by atoms with Gasteiger partial charge in [-0.1, -0.05) is 12.1 Å². The van der Waals surface area contributed by atoms with Gasteiger partial charge in [-0.2, -0.15) is 10.1 Å². The average Bonchev–Trinajstić information content (AvgIpc) is 3.19. The summed E-state index contributed by atoms with van der Waals surface area (Å²) in [5, 5.41) is 15.2. The van der Waals surface area contributed by atoms with Crippen LogP contribution in [0.3, 0.4) is 0 Å². The van der Waals surface area contributed by atoms with Crippen LogP contribution in [0.2, 0.25) is 0 Å². The van der Waals surface area contributed by atoms with Crippen molar-refractivity contribution in [2.45, 2.75) is 18.9 Å². The van der Waals surface area contributed by atoms with Gasteiger partial charge in [-0.25, -0.2) is 4.98 Å². The summed E-state index contributed by atoms with van der Waals surface area (Å²) in [6.45, 7) is 5.55. The number of rotatable bonds is 6. The minimum atomic E-state index is -2.44. The van der Waals surface area contributed by atoms with Gasteiger partial charge in [-0.05, 0) is 67.3 Å². The molecule has 1 aliphatic rings. The lowest BCUT2D eigenvalue weighted by Crippen LogP contribution is -2.29. The van der Waals surface area contributed by atoms with E-state index in [2.05, 4.69) is 46.9 Å². The first-order chi connectivity index (χ1) is 14.4. The molecule has 1 aromatic carbocycles. The normalized spacial score (nSPS) is 14.7. The third kappa shape index (κ3) is 5.86. The third-order valence-corrected chi connectivity index (χ3v) is 7.15. The predicted molar refractivity (Wildman–Crippen MR) is 132 cm³/mol. The molecule has 3 heterocycles. The van der Waals surface area contributed by atoms with Gasteiger partial charge < -0.3 is 20.5 Å². The number of nitrogens with zero attached hydrogens (tertiary/aromatic N) is 4. The minimum absolute atomic E-state index is 0. The zero-order valence-corrected chi connectivity index (χ0v) is 20.7. The van der Waals surface area contributed by atoms with Crippen molar-refractivity contribution in [3.63, 3.8) is 0 Å². The summed E-state index contributed by atoms with van der Waals surface area (Å²) < 4.78 is 15.4. The third-order valence-electron chi connectivity index (χ3n) is 5.02. The van der Waals surface area contributed by atoms with Gasteiger partial charge in [0.25, 0.3) is 0 Å². The maximum atomic E-state index is 12.6. The quantitative estimate of drug-likeness (QED) is 0.407. The van der Waals surface area contributed by atoms with E-state index < -0.39 is 7.14 Å². The number of para-hydroxylation sites is 1. The summed E-state index contributed by atoms with van der Waals surface area (Å²) in [4.78, 5) is 8.95. The van der Waals surface area contributed by atoms with Gasteiger partial charge in [0, 0.05) is 17.7 Å². The Bertz CT molecular complexity index is 1080. The van der Waals surface area contributed by atoms with Crippen LogP contribution in [-0.4, -0.2) is 46.2 Å². The molecular formula is C20H26BrClN7OP. The molecule has 2 aromatic heterocycles. The van der Waals surface area contributed by atoms with Gasteiger partial charge in [0.05, 0.1) is 28.1 Å². The molecule has 0 bridgehead atoms. The van der Waals surface area contributed by atoms with Crippen LogP contribution in [0.1, 0.15) is 18.9 Å². The number of piperidine rings is 1. The Kier molecular flexibility index (Phi) is 7.75.